The second-order valence-electron chi connectivity index (χ2n) is 6.01. The van der Waals surface area contributed by atoms with E-state index in [1.54, 1.807) is 0 Å². The molecule has 0 aliphatic carbocycles. The van der Waals surface area contributed by atoms with E-state index in [0.717, 1.165) is 5.92 Å². The van der Waals surface area contributed by atoms with Crippen LogP contribution >= 0.6 is 0 Å². The van der Waals surface area contributed by atoms with Gasteiger partial charge in [-0.15, -0.1) is 6.58 Å². The molecule has 1 N–H and O–H groups in total. The van der Waals surface area contributed by atoms with Gasteiger partial charge in [0.2, 0.25) is 0 Å². The van der Waals surface area contributed by atoms with Crippen molar-refractivity contribution >= 4 is 10.9 Å². The predicted octanol–water partition coefficient (Wildman–Crippen LogP) is 3.74. The second kappa shape index (κ2) is 4.24. The van der Waals surface area contributed by atoms with Crippen LogP contribution in [0.1, 0.15) is 24.6 Å². The third kappa shape index (κ3) is 1.74. The Morgan fingerprint density at radius 1 is 1.32 bits per heavy atom. The first-order valence-electron chi connectivity index (χ1n) is 7.29. The third-order valence-corrected chi connectivity index (χ3v) is 5.02. The number of aromatic amines is 1. The van der Waals surface area contributed by atoms with Crippen LogP contribution in [0.15, 0.2) is 43.0 Å². The van der Waals surface area contributed by atoms with E-state index >= 15 is 0 Å². The minimum Gasteiger partial charge on any atom is -0.357 e. The average Bonchev–Trinajstić information content (AvgIpc) is 2.91. The van der Waals surface area contributed by atoms with Gasteiger partial charge in [-0.1, -0.05) is 24.3 Å². The van der Waals surface area contributed by atoms with Crippen molar-refractivity contribution in [2.75, 3.05) is 13.1 Å². The van der Waals surface area contributed by atoms with E-state index in [4.69, 9.17) is 0 Å². The smallest absolute Gasteiger partial charge is 0.0501 e. The van der Waals surface area contributed by atoms with Gasteiger partial charge >= 0.3 is 0 Å². The largest absolute Gasteiger partial charge is 0.357 e. The van der Waals surface area contributed by atoms with Gasteiger partial charge in [0, 0.05) is 17.8 Å². The summed E-state index contributed by atoms with van der Waals surface area (Å²) >= 11 is 0. The van der Waals surface area contributed by atoms with Crippen molar-refractivity contribution in [3.8, 4) is 0 Å². The quantitative estimate of drug-likeness (QED) is 0.807. The van der Waals surface area contributed by atoms with Gasteiger partial charge in [0.1, 0.15) is 0 Å². The minimum atomic E-state index is 0.586. The van der Waals surface area contributed by atoms with Crippen molar-refractivity contribution in [2.24, 2.45) is 11.8 Å². The van der Waals surface area contributed by atoms with E-state index in [2.05, 4.69) is 52.9 Å². The summed E-state index contributed by atoms with van der Waals surface area (Å²) < 4.78 is 0. The number of nitrogens with one attached hydrogen (secondary N) is 1. The lowest BCUT2D eigenvalue weighted by atomic mass is 9.75. The Labute approximate surface area is 114 Å². The molecule has 3 saturated heterocycles. The highest BCUT2D eigenvalue weighted by Gasteiger charge is 2.39. The molecule has 2 aromatic rings. The maximum atomic E-state index is 4.00. The van der Waals surface area contributed by atoms with E-state index in [0.29, 0.717) is 12.0 Å². The number of fused-ring (bicyclic) bond motifs is 4. The Kier molecular flexibility index (Phi) is 2.52. The number of H-pyrrole nitrogens is 1. The molecule has 4 heterocycles. The molecule has 98 valence electrons. The van der Waals surface area contributed by atoms with Crippen molar-refractivity contribution in [3.63, 3.8) is 0 Å². The Balaban J connectivity index is 1.68. The first kappa shape index (κ1) is 11.3. The fraction of sp³-hybridized carbons (Fsp3) is 0.412. The van der Waals surface area contributed by atoms with Gasteiger partial charge in [-0.3, -0.25) is 4.90 Å². The standard InChI is InChI=1S/C17H20N2/c1-2-12-11-19-8-7-13(12)10-17(19)16-9-14-5-3-4-6-15(14)18-16/h2-6,9,12-13,17-18H,1,7-8,10-11H2. The second-order valence-corrected chi connectivity index (χ2v) is 6.01. The monoisotopic (exact) mass is 252 g/mol. The summed E-state index contributed by atoms with van der Waals surface area (Å²) in [5, 5.41) is 1.33. The lowest BCUT2D eigenvalue weighted by molar-refractivity contribution is 0.0167. The normalized spacial score (nSPS) is 33.7. The lowest BCUT2D eigenvalue weighted by Gasteiger charge is -2.48. The van der Waals surface area contributed by atoms with E-state index in [1.807, 2.05) is 0 Å². The molecule has 2 nitrogen and oxygen atoms in total. The van der Waals surface area contributed by atoms with Crippen molar-refractivity contribution in [3.05, 3.63) is 48.7 Å². The van der Waals surface area contributed by atoms with Gasteiger partial charge in [-0.25, -0.2) is 0 Å². The fourth-order valence-corrected chi connectivity index (χ4v) is 3.93. The third-order valence-electron chi connectivity index (χ3n) is 5.02. The zero-order chi connectivity index (χ0) is 12.8. The number of hydrogen-bond acceptors (Lipinski definition) is 1. The zero-order valence-electron chi connectivity index (χ0n) is 11.2. The van der Waals surface area contributed by atoms with Gasteiger partial charge in [0.05, 0.1) is 6.04 Å². The molecule has 0 radical (unpaired) electrons. The molecule has 1 aromatic heterocycles. The molecular weight excluding hydrogens is 232 g/mol. The molecule has 3 aliphatic rings. The van der Waals surface area contributed by atoms with Crippen LogP contribution in [0.2, 0.25) is 0 Å². The molecule has 3 aliphatic heterocycles. The molecule has 3 fully saturated rings. The van der Waals surface area contributed by atoms with Crippen molar-refractivity contribution in [1.29, 1.82) is 0 Å². The first-order chi connectivity index (χ1) is 9.35. The maximum absolute atomic E-state index is 4.00. The van der Waals surface area contributed by atoms with Crippen molar-refractivity contribution in [1.82, 2.24) is 9.88 Å². The summed E-state index contributed by atoms with van der Waals surface area (Å²) in [5.74, 6) is 1.54. The highest BCUT2D eigenvalue weighted by molar-refractivity contribution is 5.80. The van der Waals surface area contributed by atoms with Gasteiger partial charge in [0.25, 0.3) is 0 Å². The van der Waals surface area contributed by atoms with Crippen LogP contribution in [0.4, 0.5) is 0 Å². The minimum absolute atomic E-state index is 0.586. The first-order valence-corrected chi connectivity index (χ1v) is 7.29. The van der Waals surface area contributed by atoms with Crippen LogP contribution in [-0.4, -0.2) is 23.0 Å². The van der Waals surface area contributed by atoms with E-state index in [-0.39, 0.29) is 0 Å². The highest BCUT2D eigenvalue weighted by atomic mass is 15.2. The number of hydrogen-bond donors (Lipinski definition) is 1. The van der Waals surface area contributed by atoms with Gasteiger partial charge in [-0.2, -0.15) is 0 Å². The number of para-hydroxylation sites is 1. The van der Waals surface area contributed by atoms with Crippen molar-refractivity contribution < 1.29 is 0 Å². The summed E-state index contributed by atoms with van der Waals surface area (Å²) in [6.07, 6.45) is 4.79. The van der Waals surface area contributed by atoms with Gasteiger partial charge in [-0.05, 0) is 48.7 Å². The number of nitrogens with zero attached hydrogens (tertiary/aromatic N) is 1. The molecule has 4 unspecified atom stereocenters. The van der Waals surface area contributed by atoms with Crippen LogP contribution in [0.3, 0.4) is 0 Å². The molecule has 1 aromatic carbocycles. The highest BCUT2D eigenvalue weighted by Crippen LogP contribution is 2.43. The summed E-state index contributed by atoms with van der Waals surface area (Å²) in [6.45, 7) is 6.43. The van der Waals surface area contributed by atoms with Crippen LogP contribution < -0.4 is 0 Å². The molecular formula is C17H20N2. The lowest BCUT2D eigenvalue weighted by Crippen LogP contribution is -2.48. The summed E-state index contributed by atoms with van der Waals surface area (Å²) in [6, 6.07) is 11.5. The molecule has 19 heavy (non-hydrogen) atoms. The van der Waals surface area contributed by atoms with Gasteiger partial charge < -0.3 is 4.98 Å². The number of aromatic nitrogens is 1. The molecule has 5 rings (SSSR count). The fourth-order valence-electron chi connectivity index (χ4n) is 3.93. The summed E-state index contributed by atoms with van der Waals surface area (Å²) in [4.78, 5) is 6.25. The van der Waals surface area contributed by atoms with Gasteiger partial charge in [0.15, 0.2) is 0 Å². The van der Waals surface area contributed by atoms with Crippen LogP contribution in [-0.2, 0) is 0 Å². The van der Waals surface area contributed by atoms with E-state index in [1.165, 1.54) is 42.5 Å². The molecule has 0 saturated carbocycles. The molecule has 2 heteroatoms. The SMILES string of the molecule is C=CC1CN2CCC1CC2c1cc2ccccc2[nH]1. The molecule has 0 spiro atoms. The zero-order valence-corrected chi connectivity index (χ0v) is 11.2. The molecule has 0 amide bonds. The van der Waals surface area contributed by atoms with Crippen LogP contribution in [0.5, 0.6) is 0 Å². The molecule has 2 bridgehead atoms. The summed E-state index contributed by atoms with van der Waals surface area (Å²) in [7, 11) is 0. The Morgan fingerprint density at radius 2 is 2.21 bits per heavy atom. The topological polar surface area (TPSA) is 19.0 Å². The van der Waals surface area contributed by atoms with Crippen molar-refractivity contribution in [2.45, 2.75) is 18.9 Å². The Bertz CT molecular complexity index is 580. The van der Waals surface area contributed by atoms with Crippen LogP contribution in [0, 0.1) is 11.8 Å². The Hall–Kier alpha value is -1.54. The number of rotatable bonds is 2. The predicted molar refractivity (Wildman–Crippen MR) is 79.0 cm³/mol. The van der Waals surface area contributed by atoms with E-state index < -0.39 is 0 Å². The summed E-state index contributed by atoms with van der Waals surface area (Å²) in [5.41, 5.74) is 2.66. The Morgan fingerprint density at radius 3 is 2.95 bits per heavy atom. The van der Waals surface area contributed by atoms with E-state index in [9.17, 15) is 0 Å². The maximum Gasteiger partial charge on any atom is 0.0501 e. The van der Waals surface area contributed by atoms with Crippen LogP contribution in [0.25, 0.3) is 10.9 Å². The average molecular weight is 252 g/mol. The molecule has 4 atom stereocenters. The number of piperidine rings is 3. The number of benzene rings is 1.